The SMILES string of the molecule is C=CC(=CC)c1ncc(/C(=C\C)CC)nc1-c1cc(C)cc(C)c1. The third-order valence-electron chi connectivity index (χ3n) is 4.13. The molecule has 1 heterocycles. The summed E-state index contributed by atoms with van der Waals surface area (Å²) in [7, 11) is 0. The molecule has 1 aromatic carbocycles. The van der Waals surface area contributed by atoms with E-state index in [4.69, 9.17) is 9.97 Å². The maximum absolute atomic E-state index is 4.96. The van der Waals surface area contributed by atoms with Gasteiger partial charge in [0.05, 0.1) is 23.3 Å². The quantitative estimate of drug-likeness (QED) is 0.617. The predicted molar refractivity (Wildman–Crippen MR) is 105 cm³/mol. The molecular formula is C22H26N2. The van der Waals surface area contributed by atoms with Crippen molar-refractivity contribution in [3.05, 3.63) is 71.7 Å². The van der Waals surface area contributed by atoms with Gasteiger partial charge >= 0.3 is 0 Å². The molecule has 2 aromatic rings. The van der Waals surface area contributed by atoms with Crippen LogP contribution < -0.4 is 0 Å². The molecule has 1 aromatic heterocycles. The molecule has 0 unspecified atom stereocenters. The molecule has 0 N–H and O–H groups in total. The zero-order valence-corrected chi connectivity index (χ0v) is 15.4. The average molecular weight is 318 g/mol. The van der Waals surface area contributed by atoms with E-state index in [-0.39, 0.29) is 0 Å². The first-order valence-electron chi connectivity index (χ1n) is 8.44. The van der Waals surface area contributed by atoms with E-state index in [2.05, 4.69) is 51.6 Å². The molecule has 124 valence electrons. The summed E-state index contributed by atoms with van der Waals surface area (Å²) in [5.41, 5.74) is 8.51. The van der Waals surface area contributed by atoms with Crippen LogP contribution in [0.1, 0.15) is 49.7 Å². The minimum atomic E-state index is 0.882. The van der Waals surface area contributed by atoms with Gasteiger partial charge in [-0.1, -0.05) is 48.9 Å². The molecule has 0 radical (unpaired) electrons. The Kier molecular flexibility index (Phi) is 5.86. The van der Waals surface area contributed by atoms with Gasteiger partial charge in [0.25, 0.3) is 0 Å². The van der Waals surface area contributed by atoms with Crippen LogP contribution in [0.25, 0.3) is 22.4 Å². The molecule has 2 rings (SSSR count). The number of hydrogen-bond donors (Lipinski definition) is 0. The normalized spacial score (nSPS) is 12.4. The minimum absolute atomic E-state index is 0.882. The molecule has 0 atom stereocenters. The summed E-state index contributed by atoms with van der Waals surface area (Å²) in [6.45, 7) is 14.3. The van der Waals surface area contributed by atoms with Crippen LogP contribution >= 0.6 is 0 Å². The Morgan fingerprint density at radius 2 is 1.75 bits per heavy atom. The van der Waals surface area contributed by atoms with Crippen molar-refractivity contribution in [2.75, 3.05) is 0 Å². The molecule has 24 heavy (non-hydrogen) atoms. The summed E-state index contributed by atoms with van der Waals surface area (Å²) in [5.74, 6) is 0. The summed E-state index contributed by atoms with van der Waals surface area (Å²) in [4.78, 5) is 9.69. The van der Waals surface area contributed by atoms with Crippen LogP contribution in [0.4, 0.5) is 0 Å². The van der Waals surface area contributed by atoms with Gasteiger partial charge in [0.2, 0.25) is 0 Å². The van der Waals surface area contributed by atoms with Crippen molar-refractivity contribution in [3.8, 4) is 11.3 Å². The van der Waals surface area contributed by atoms with E-state index < -0.39 is 0 Å². The Morgan fingerprint density at radius 1 is 1.08 bits per heavy atom. The lowest BCUT2D eigenvalue weighted by atomic mass is 9.99. The van der Waals surface area contributed by atoms with Gasteiger partial charge in [0.15, 0.2) is 0 Å². The Bertz CT molecular complexity index is 790. The van der Waals surface area contributed by atoms with Crippen LogP contribution in [0.2, 0.25) is 0 Å². The van der Waals surface area contributed by atoms with Crippen molar-refractivity contribution < 1.29 is 0 Å². The van der Waals surface area contributed by atoms with Crippen molar-refractivity contribution in [2.24, 2.45) is 0 Å². The second kappa shape index (κ2) is 7.87. The zero-order valence-electron chi connectivity index (χ0n) is 15.4. The van der Waals surface area contributed by atoms with E-state index in [1.165, 1.54) is 16.7 Å². The first kappa shape index (κ1) is 17.9. The smallest absolute Gasteiger partial charge is 0.0972 e. The van der Waals surface area contributed by atoms with Gasteiger partial charge in [0, 0.05) is 5.56 Å². The second-order valence-corrected chi connectivity index (χ2v) is 5.94. The maximum atomic E-state index is 4.96. The van der Waals surface area contributed by atoms with Gasteiger partial charge in [0.1, 0.15) is 0 Å². The van der Waals surface area contributed by atoms with Crippen LogP contribution in [-0.2, 0) is 0 Å². The molecule has 0 saturated carbocycles. The summed E-state index contributed by atoms with van der Waals surface area (Å²) >= 11 is 0. The summed E-state index contributed by atoms with van der Waals surface area (Å²) in [6, 6.07) is 6.51. The average Bonchev–Trinajstić information content (AvgIpc) is 2.57. The maximum Gasteiger partial charge on any atom is 0.0972 e. The summed E-state index contributed by atoms with van der Waals surface area (Å²) < 4.78 is 0. The van der Waals surface area contributed by atoms with E-state index in [0.29, 0.717) is 0 Å². The minimum Gasteiger partial charge on any atom is -0.252 e. The summed E-state index contributed by atoms with van der Waals surface area (Å²) in [6.07, 6.45) is 8.78. The van der Waals surface area contributed by atoms with E-state index in [9.17, 15) is 0 Å². The number of aromatic nitrogens is 2. The largest absolute Gasteiger partial charge is 0.252 e. The Balaban J connectivity index is 2.76. The van der Waals surface area contributed by atoms with Crippen molar-refractivity contribution in [1.29, 1.82) is 0 Å². The molecule has 0 spiro atoms. The third-order valence-corrected chi connectivity index (χ3v) is 4.13. The molecule has 0 fully saturated rings. The lowest BCUT2D eigenvalue weighted by Crippen LogP contribution is -2.01. The number of allylic oxidation sites excluding steroid dienone is 5. The van der Waals surface area contributed by atoms with Crippen molar-refractivity contribution in [2.45, 2.75) is 41.0 Å². The lowest BCUT2D eigenvalue weighted by molar-refractivity contribution is 1.11. The molecule has 2 nitrogen and oxygen atoms in total. The fraction of sp³-hybridized carbons (Fsp3) is 0.273. The highest BCUT2D eigenvalue weighted by atomic mass is 14.8. The first-order valence-corrected chi connectivity index (χ1v) is 8.44. The van der Waals surface area contributed by atoms with Crippen LogP contribution in [0, 0.1) is 13.8 Å². The van der Waals surface area contributed by atoms with Crippen molar-refractivity contribution >= 4 is 11.1 Å². The van der Waals surface area contributed by atoms with Crippen molar-refractivity contribution in [1.82, 2.24) is 9.97 Å². The Labute approximate surface area is 145 Å². The molecule has 2 heteroatoms. The lowest BCUT2D eigenvalue weighted by Gasteiger charge is -2.13. The van der Waals surface area contributed by atoms with Crippen LogP contribution in [-0.4, -0.2) is 9.97 Å². The highest BCUT2D eigenvalue weighted by Crippen LogP contribution is 2.29. The standard InChI is InChI=1S/C22H26N2/c1-7-17(8-2)20-14-23-21(18(9-3)10-4)22(24-20)19-12-15(5)11-16(6)13-19/h7,9-14H,3,8H2,1-2,4-6H3/b17-7-,18-10?. The number of aryl methyl sites for hydroxylation is 2. The van der Waals surface area contributed by atoms with Gasteiger partial charge in [-0.05, 0) is 57.4 Å². The van der Waals surface area contributed by atoms with Gasteiger partial charge in [-0.25, -0.2) is 4.98 Å². The number of nitrogens with zero attached hydrogens (tertiary/aromatic N) is 2. The number of rotatable bonds is 5. The molecule has 0 bridgehead atoms. The van der Waals surface area contributed by atoms with Crippen LogP contribution in [0.3, 0.4) is 0 Å². The van der Waals surface area contributed by atoms with Gasteiger partial charge in [-0.15, -0.1) is 0 Å². The number of hydrogen-bond acceptors (Lipinski definition) is 2. The molecule has 0 aliphatic heterocycles. The third kappa shape index (κ3) is 3.70. The topological polar surface area (TPSA) is 25.8 Å². The van der Waals surface area contributed by atoms with E-state index in [1.54, 1.807) is 0 Å². The Hall–Kier alpha value is -2.48. The van der Waals surface area contributed by atoms with Gasteiger partial charge < -0.3 is 0 Å². The zero-order chi connectivity index (χ0) is 17.7. The number of benzene rings is 1. The second-order valence-electron chi connectivity index (χ2n) is 5.94. The van der Waals surface area contributed by atoms with E-state index >= 15 is 0 Å². The highest BCUT2D eigenvalue weighted by Gasteiger charge is 2.14. The molecule has 0 amide bonds. The first-order chi connectivity index (χ1) is 11.5. The predicted octanol–water partition coefficient (Wildman–Crippen LogP) is 6.16. The van der Waals surface area contributed by atoms with Gasteiger partial charge in [-0.3, -0.25) is 4.98 Å². The highest BCUT2D eigenvalue weighted by molar-refractivity contribution is 5.82. The van der Waals surface area contributed by atoms with Gasteiger partial charge in [-0.2, -0.15) is 0 Å². The van der Waals surface area contributed by atoms with Crippen LogP contribution in [0.15, 0.2) is 49.2 Å². The summed E-state index contributed by atoms with van der Waals surface area (Å²) in [5, 5.41) is 0. The van der Waals surface area contributed by atoms with E-state index in [1.807, 2.05) is 32.2 Å². The fourth-order valence-corrected chi connectivity index (χ4v) is 2.95. The van der Waals surface area contributed by atoms with E-state index in [0.717, 1.165) is 34.6 Å². The monoisotopic (exact) mass is 318 g/mol. The Morgan fingerprint density at radius 3 is 2.25 bits per heavy atom. The fourth-order valence-electron chi connectivity index (χ4n) is 2.95. The molecular weight excluding hydrogens is 292 g/mol. The molecule has 0 aliphatic carbocycles. The van der Waals surface area contributed by atoms with Crippen molar-refractivity contribution in [3.63, 3.8) is 0 Å². The van der Waals surface area contributed by atoms with Crippen LogP contribution in [0.5, 0.6) is 0 Å². The molecule has 0 aliphatic rings. The molecule has 0 saturated heterocycles.